The molecule has 1 aromatic carbocycles. The molecule has 1 aliphatic rings. The predicted molar refractivity (Wildman–Crippen MR) is 88.2 cm³/mol. The zero-order chi connectivity index (χ0) is 16.2. The van der Waals surface area contributed by atoms with Crippen LogP contribution in [-0.2, 0) is 0 Å². The standard InChI is InChI=1S/C17H19FN4O/c1-13-12-14(18)2-3-16(13)20-17(23)22-10-8-21(9-11-22)15-4-6-19-7-5-15/h2-7,12H,8-11H2,1H3,(H,20,23). The molecule has 1 saturated heterocycles. The van der Waals surface area contributed by atoms with Gasteiger partial charge in [0.05, 0.1) is 0 Å². The number of rotatable bonds is 2. The van der Waals surface area contributed by atoms with Crippen LogP contribution in [0.1, 0.15) is 5.56 Å². The Morgan fingerprint density at radius 1 is 1.13 bits per heavy atom. The summed E-state index contributed by atoms with van der Waals surface area (Å²) in [4.78, 5) is 20.4. The Morgan fingerprint density at radius 2 is 1.83 bits per heavy atom. The molecule has 0 bridgehead atoms. The van der Waals surface area contributed by atoms with Crippen molar-refractivity contribution < 1.29 is 9.18 Å². The van der Waals surface area contributed by atoms with Gasteiger partial charge in [-0.1, -0.05) is 0 Å². The van der Waals surface area contributed by atoms with Crippen LogP contribution in [0.3, 0.4) is 0 Å². The first-order chi connectivity index (χ1) is 11.1. The van der Waals surface area contributed by atoms with Crippen molar-refractivity contribution in [3.63, 3.8) is 0 Å². The summed E-state index contributed by atoms with van der Waals surface area (Å²) in [5, 5.41) is 2.85. The molecule has 0 atom stereocenters. The Labute approximate surface area is 134 Å². The average Bonchev–Trinajstić information content (AvgIpc) is 2.58. The van der Waals surface area contributed by atoms with Crippen LogP contribution in [0.2, 0.25) is 0 Å². The maximum Gasteiger partial charge on any atom is 0.321 e. The number of hydrogen-bond acceptors (Lipinski definition) is 3. The van der Waals surface area contributed by atoms with Gasteiger partial charge in [-0.2, -0.15) is 0 Å². The second-order valence-electron chi connectivity index (χ2n) is 5.57. The number of carbonyl (C=O) groups excluding carboxylic acids is 1. The first-order valence-electron chi connectivity index (χ1n) is 7.60. The summed E-state index contributed by atoms with van der Waals surface area (Å²) < 4.78 is 13.1. The third kappa shape index (κ3) is 3.59. The fraction of sp³-hybridized carbons (Fsp3) is 0.294. The number of piperazine rings is 1. The van der Waals surface area contributed by atoms with E-state index < -0.39 is 0 Å². The van der Waals surface area contributed by atoms with E-state index in [0.29, 0.717) is 24.3 Å². The Balaban J connectivity index is 1.58. The molecule has 0 radical (unpaired) electrons. The zero-order valence-electron chi connectivity index (χ0n) is 13.0. The summed E-state index contributed by atoms with van der Waals surface area (Å²) in [6, 6.07) is 8.15. The van der Waals surface area contributed by atoms with Gasteiger partial charge in [0.15, 0.2) is 0 Å². The Bertz CT molecular complexity index is 684. The highest BCUT2D eigenvalue weighted by Crippen LogP contribution is 2.18. The fourth-order valence-electron chi connectivity index (χ4n) is 2.68. The molecule has 120 valence electrons. The smallest absolute Gasteiger partial charge is 0.321 e. The summed E-state index contributed by atoms with van der Waals surface area (Å²) in [6.07, 6.45) is 3.54. The highest BCUT2D eigenvalue weighted by atomic mass is 19.1. The highest BCUT2D eigenvalue weighted by molar-refractivity contribution is 5.90. The third-order valence-electron chi connectivity index (χ3n) is 4.02. The summed E-state index contributed by atoms with van der Waals surface area (Å²) in [5.41, 5.74) is 2.48. The molecule has 0 spiro atoms. The van der Waals surface area contributed by atoms with Crippen molar-refractivity contribution in [2.24, 2.45) is 0 Å². The van der Waals surface area contributed by atoms with E-state index in [9.17, 15) is 9.18 Å². The molecule has 2 heterocycles. The summed E-state index contributed by atoms with van der Waals surface area (Å²) in [6.45, 7) is 4.63. The van der Waals surface area contributed by atoms with E-state index in [4.69, 9.17) is 0 Å². The van der Waals surface area contributed by atoms with Crippen LogP contribution in [0.4, 0.5) is 20.6 Å². The minimum Gasteiger partial charge on any atom is -0.368 e. The van der Waals surface area contributed by atoms with E-state index in [0.717, 1.165) is 18.8 Å². The highest BCUT2D eigenvalue weighted by Gasteiger charge is 2.21. The van der Waals surface area contributed by atoms with Gasteiger partial charge in [0.1, 0.15) is 5.82 Å². The van der Waals surface area contributed by atoms with Gasteiger partial charge in [0.25, 0.3) is 0 Å². The fourth-order valence-corrected chi connectivity index (χ4v) is 2.68. The van der Waals surface area contributed by atoms with Crippen LogP contribution in [0.15, 0.2) is 42.7 Å². The van der Waals surface area contributed by atoms with Crippen LogP contribution < -0.4 is 10.2 Å². The van der Waals surface area contributed by atoms with Crippen LogP contribution in [-0.4, -0.2) is 42.1 Å². The van der Waals surface area contributed by atoms with Crippen molar-refractivity contribution in [1.82, 2.24) is 9.88 Å². The van der Waals surface area contributed by atoms with Gasteiger partial charge in [0.2, 0.25) is 0 Å². The van der Waals surface area contributed by atoms with Gasteiger partial charge < -0.3 is 15.1 Å². The largest absolute Gasteiger partial charge is 0.368 e. The summed E-state index contributed by atoms with van der Waals surface area (Å²) in [7, 11) is 0. The van der Waals surface area contributed by atoms with Crippen molar-refractivity contribution in [2.45, 2.75) is 6.92 Å². The molecule has 1 N–H and O–H groups in total. The van der Waals surface area contributed by atoms with E-state index in [1.165, 1.54) is 12.1 Å². The van der Waals surface area contributed by atoms with E-state index in [1.807, 2.05) is 12.1 Å². The average molecular weight is 314 g/mol. The summed E-state index contributed by atoms with van der Waals surface area (Å²) >= 11 is 0. The Kier molecular flexibility index (Phi) is 4.41. The number of carbonyl (C=O) groups is 1. The van der Waals surface area contributed by atoms with Gasteiger partial charge in [-0.3, -0.25) is 4.98 Å². The number of urea groups is 1. The van der Waals surface area contributed by atoms with Gasteiger partial charge in [-0.25, -0.2) is 9.18 Å². The SMILES string of the molecule is Cc1cc(F)ccc1NC(=O)N1CCN(c2ccncc2)CC1. The first kappa shape index (κ1) is 15.3. The van der Waals surface area contributed by atoms with Gasteiger partial charge in [0, 0.05) is 49.9 Å². The number of amides is 2. The van der Waals surface area contributed by atoms with Crippen molar-refractivity contribution in [3.05, 3.63) is 54.1 Å². The number of nitrogens with one attached hydrogen (secondary N) is 1. The van der Waals surface area contributed by atoms with E-state index >= 15 is 0 Å². The molecule has 1 aromatic heterocycles. The van der Waals surface area contributed by atoms with Gasteiger partial charge in [-0.05, 0) is 42.8 Å². The number of benzene rings is 1. The topological polar surface area (TPSA) is 48.5 Å². The lowest BCUT2D eigenvalue weighted by Gasteiger charge is -2.36. The number of aromatic nitrogens is 1. The maximum absolute atomic E-state index is 13.1. The molecular formula is C17H19FN4O. The third-order valence-corrected chi connectivity index (χ3v) is 4.02. The number of pyridine rings is 1. The van der Waals surface area contributed by atoms with Crippen LogP contribution in [0.25, 0.3) is 0 Å². The molecule has 2 aromatic rings. The number of anilines is 2. The number of aryl methyl sites for hydroxylation is 1. The molecule has 6 heteroatoms. The summed E-state index contributed by atoms with van der Waals surface area (Å²) in [5.74, 6) is -0.300. The maximum atomic E-state index is 13.1. The van der Waals surface area contributed by atoms with Gasteiger partial charge in [-0.15, -0.1) is 0 Å². The van der Waals surface area contributed by atoms with Crippen LogP contribution in [0.5, 0.6) is 0 Å². The lowest BCUT2D eigenvalue weighted by molar-refractivity contribution is 0.208. The quantitative estimate of drug-likeness (QED) is 0.927. The van der Waals surface area contributed by atoms with Crippen LogP contribution in [0, 0.1) is 12.7 Å². The minimum atomic E-state index is -0.300. The predicted octanol–water partition coefficient (Wildman–Crippen LogP) is 2.88. The Hall–Kier alpha value is -2.63. The molecule has 2 amide bonds. The zero-order valence-corrected chi connectivity index (χ0v) is 13.0. The van der Waals surface area contributed by atoms with Crippen molar-refractivity contribution in [3.8, 4) is 0 Å². The molecular weight excluding hydrogens is 295 g/mol. The minimum absolute atomic E-state index is 0.144. The van der Waals surface area contributed by atoms with Crippen molar-refractivity contribution in [2.75, 3.05) is 36.4 Å². The molecule has 0 unspecified atom stereocenters. The lowest BCUT2D eigenvalue weighted by Crippen LogP contribution is -2.50. The molecule has 0 saturated carbocycles. The normalized spacial score (nSPS) is 14.7. The molecule has 0 aliphatic carbocycles. The second kappa shape index (κ2) is 6.64. The molecule has 1 fully saturated rings. The lowest BCUT2D eigenvalue weighted by atomic mass is 10.2. The molecule has 3 rings (SSSR count). The van der Waals surface area contributed by atoms with Crippen molar-refractivity contribution in [1.29, 1.82) is 0 Å². The monoisotopic (exact) mass is 314 g/mol. The molecule has 1 aliphatic heterocycles. The van der Waals surface area contributed by atoms with E-state index in [1.54, 1.807) is 30.3 Å². The Morgan fingerprint density at radius 3 is 2.48 bits per heavy atom. The second-order valence-corrected chi connectivity index (χ2v) is 5.57. The van der Waals surface area contributed by atoms with Gasteiger partial charge >= 0.3 is 6.03 Å². The molecule has 23 heavy (non-hydrogen) atoms. The van der Waals surface area contributed by atoms with E-state index in [-0.39, 0.29) is 11.8 Å². The first-order valence-corrected chi connectivity index (χ1v) is 7.60. The molecule has 5 nitrogen and oxygen atoms in total. The van der Waals surface area contributed by atoms with Crippen LogP contribution >= 0.6 is 0 Å². The number of halogens is 1. The number of hydrogen-bond donors (Lipinski definition) is 1. The van der Waals surface area contributed by atoms with Crippen molar-refractivity contribution >= 4 is 17.4 Å². The number of nitrogens with zero attached hydrogens (tertiary/aromatic N) is 3. The van der Waals surface area contributed by atoms with E-state index in [2.05, 4.69) is 15.2 Å².